The van der Waals surface area contributed by atoms with E-state index in [4.69, 9.17) is 8.83 Å². The Morgan fingerprint density at radius 3 is 1.14 bits per heavy atom. The smallest absolute Gasteiger partial charge is 0.159 e. The van der Waals surface area contributed by atoms with Crippen LogP contribution in [0.1, 0.15) is 11.1 Å². The largest absolute Gasteiger partial charge is 0.454 e. The van der Waals surface area contributed by atoms with Crippen LogP contribution in [0.25, 0.3) is 76.2 Å². The van der Waals surface area contributed by atoms with Crippen molar-refractivity contribution >= 4 is 110 Å². The van der Waals surface area contributed by atoms with Gasteiger partial charge in [-0.3, -0.25) is 0 Å². The number of hydrogen-bond acceptors (Lipinski definition) is 4. The molecule has 0 unspecified atom stereocenters. The van der Waals surface area contributed by atoms with E-state index < -0.39 is 0 Å². The molecule has 0 bridgehead atoms. The van der Waals surface area contributed by atoms with Gasteiger partial charge in [-0.1, -0.05) is 121 Å². The summed E-state index contributed by atoms with van der Waals surface area (Å²) in [5.41, 5.74) is 12.3. The van der Waals surface area contributed by atoms with Crippen molar-refractivity contribution in [1.82, 2.24) is 0 Å². The van der Waals surface area contributed by atoms with Crippen molar-refractivity contribution in [3.8, 4) is 0 Å². The minimum absolute atomic E-state index is 0.868. The maximum absolute atomic E-state index is 6.70. The topological polar surface area (TPSA) is 32.8 Å². The zero-order chi connectivity index (χ0) is 38.5. The molecule has 0 aliphatic rings. The van der Waals surface area contributed by atoms with Crippen molar-refractivity contribution < 1.29 is 8.83 Å². The fourth-order valence-electron chi connectivity index (χ4n) is 9.46. The number of fused-ring (bicyclic) bond motifs is 6. The lowest BCUT2D eigenvalue weighted by atomic mass is 9.88. The summed E-state index contributed by atoms with van der Waals surface area (Å²) in [6.45, 7) is 4.49. The van der Waals surface area contributed by atoms with Crippen LogP contribution < -0.4 is 9.80 Å². The summed E-state index contributed by atoms with van der Waals surface area (Å²) in [6, 6.07) is 65.0. The Morgan fingerprint density at radius 1 is 0.310 bits per heavy atom. The van der Waals surface area contributed by atoms with Crippen molar-refractivity contribution in [2.24, 2.45) is 0 Å². The third-order valence-corrected chi connectivity index (χ3v) is 12.0. The lowest BCUT2D eigenvalue weighted by Crippen LogP contribution is -2.12. The molecule has 0 spiro atoms. The van der Waals surface area contributed by atoms with Gasteiger partial charge in [-0.05, 0) is 107 Å². The van der Waals surface area contributed by atoms with Gasteiger partial charge >= 0.3 is 0 Å². The van der Waals surface area contributed by atoms with E-state index in [0.29, 0.717) is 0 Å². The highest BCUT2D eigenvalue weighted by Crippen LogP contribution is 2.51. The maximum Gasteiger partial charge on any atom is 0.159 e. The number of hydrogen-bond donors (Lipinski definition) is 0. The van der Waals surface area contributed by atoms with Gasteiger partial charge in [0.2, 0.25) is 0 Å². The summed E-state index contributed by atoms with van der Waals surface area (Å²) >= 11 is 0. The predicted molar refractivity (Wildman–Crippen MR) is 244 cm³/mol. The van der Waals surface area contributed by atoms with Crippen LogP contribution in [0.3, 0.4) is 0 Å². The van der Waals surface area contributed by atoms with Gasteiger partial charge < -0.3 is 18.6 Å². The van der Waals surface area contributed by atoms with Crippen LogP contribution in [0.2, 0.25) is 0 Å². The minimum Gasteiger partial charge on any atom is -0.454 e. The monoisotopic (exact) mass is 744 g/mol. The number of benzene rings is 10. The summed E-state index contributed by atoms with van der Waals surface area (Å²) in [6.07, 6.45) is 0. The Kier molecular flexibility index (Phi) is 7.02. The van der Waals surface area contributed by atoms with Crippen molar-refractivity contribution in [1.29, 1.82) is 0 Å². The SMILES string of the molecule is Cc1cc(N(c2ccccc2)c2cccc3c2oc2ccccc23)c2ccc3c(C)cc(N(c4ccccc4)c4cccc5c4oc4ccccc45)c4ccc1c2c34. The molecule has 2 aromatic heterocycles. The fraction of sp³-hybridized carbons (Fsp3) is 0.0370. The first-order valence-electron chi connectivity index (χ1n) is 19.8. The number of aryl methyl sites for hydroxylation is 2. The maximum atomic E-state index is 6.70. The average molecular weight is 745 g/mol. The minimum atomic E-state index is 0.868. The molecule has 0 saturated heterocycles. The fourth-order valence-corrected chi connectivity index (χ4v) is 9.46. The van der Waals surface area contributed by atoms with Crippen LogP contribution in [0, 0.1) is 13.8 Å². The van der Waals surface area contributed by atoms with Crippen molar-refractivity contribution in [3.05, 3.63) is 193 Å². The molecule has 12 rings (SSSR count). The number of rotatable bonds is 6. The summed E-state index contributed by atoms with van der Waals surface area (Å²) in [5, 5.41) is 11.8. The molecule has 2 heterocycles. The molecule has 4 nitrogen and oxygen atoms in total. The Hall–Kier alpha value is -7.56. The summed E-state index contributed by atoms with van der Waals surface area (Å²) in [5.74, 6) is 0. The van der Waals surface area contributed by atoms with Gasteiger partial charge in [0.25, 0.3) is 0 Å². The number of furan rings is 2. The zero-order valence-electron chi connectivity index (χ0n) is 32.0. The summed E-state index contributed by atoms with van der Waals surface area (Å²) in [4.78, 5) is 4.77. The van der Waals surface area contributed by atoms with E-state index in [0.717, 1.165) is 78.0 Å². The standard InChI is InChI=1S/C54H36N2O2/c1-33-31-47(55(35-15-5-3-6-16-35)45-23-13-21-41-39-19-9-11-25-49(39)57-53(41)45)43-30-28-38-34(2)32-48(44-29-27-37(33)51(43)52(38)44)56(36-17-7-4-8-18-36)46-24-14-22-42-40-20-10-12-26-50(40)58-54(42)46/h3-32H,1-2H3. The second-order valence-electron chi connectivity index (χ2n) is 15.3. The van der Waals surface area contributed by atoms with Gasteiger partial charge in [0.05, 0.1) is 22.7 Å². The molecule has 0 saturated carbocycles. The van der Waals surface area contributed by atoms with Crippen molar-refractivity contribution in [2.75, 3.05) is 9.80 Å². The molecule has 12 aromatic rings. The highest BCUT2D eigenvalue weighted by molar-refractivity contribution is 6.30. The van der Waals surface area contributed by atoms with Gasteiger partial charge in [-0.2, -0.15) is 0 Å². The van der Waals surface area contributed by atoms with E-state index in [2.05, 4.69) is 194 Å². The molecular formula is C54H36N2O2. The van der Waals surface area contributed by atoms with E-state index in [1.165, 1.54) is 43.4 Å². The molecule has 0 N–H and O–H groups in total. The molecule has 0 radical (unpaired) electrons. The lowest BCUT2D eigenvalue weighted by Gasteiger charge is -2.30. The van der Waals surface area contributed by atoms with Crippen LogP contribution in [-0.4, -0.2) is 0 Å². The van der Waals surface area contributed by atoms with Gasteiger partial charge in [0.1, 0.15) is 11.2 Å². The molecule has 0 aliphatic heterocycles. The Bertz CT molecular complexity index is 3310. The zero-order valence-corrected chi connectivity index (χ0v) is 32.0. The first-order valence-corrected chi connectivity index (χ1v) is 19.8. The van der Waals surface area contributed by atoms with E-state index >= 15 is 0 Å². The number of nitrogens with zero attached hydrogens (tertiary/aromatic N) is 2. The van der Waals surface area contributed by atoms with E-state index in [-0.39, 0.29) is 0 Å². The number of para-hydroxylation sites is 6. The third-order valence-electron chi connectivity index (χ3n) is 12.0. The van der Waals surface area contributed by atoms with Crippen LogP contribution in [0.5, 0.6) is 0 Å². The Morgan fingerprint density at radius 2 is 0.690 bits per heavy atom. The highest BCUT2D eigenvalue weighted by Gasteiger charge is 2.26. The lowest BCUT2D eigenvalue weighted by molar-refractivity contribution is 0.669. The van der Waals surface area contributed by atoms with Crippen LogP contribution in [-0.2, 0) is 0 Å². The summed E-state index contributed by atoms with van der Waals surface area (Å²) in [7, 11) is 0. The second kappa shape index (κ2) is 12.5. The number of anilines is 6. The molecule has 0 amide bonds. The van der Waals surface area contributed by atoms with Crippen molar-refractivity contribution in [2.45, 2.75) is 13.8 Å². The molecule has 0 fully saturated rings. The van der Waals surface area contributed by atoms with E-state index in [9.17, 15) is 0 Å². The molecule has 274 valence electrons. The van der Waals surface area contributed by atoms with Gasteiger partial charge in [-0.25, -0.2) is 0 Å². The van der Waals surface area contributed by atoms with Gasteiger partial charge in [-0.15, -0.1) is 0 Å². The summed E-state index contributed by atoms with van der Waals surface area (Å²) < 4.78 is 13.4. The molecule has 0 atom stereocenters. The quantitative estimate of drug-likeness (QED) is 0.159. The Balaban J connectivity index is 1.17. The van der Waals surface area contributed by atoms with E-state index in [1.807, 2.05) is 12.1 Å². The van der Waals surface area contributed by atoms with Crippen LogP contribution in [0.15, 0.2) is 191 Å². The van der Waals surface area contributed by atoms with Crippen molar-refractivity contribution in [3.63, 3.8) is 0 Å². The first-order chi connectivity index (χ1) is 28.6. The molecule has 58 heavy (non-hydrogen) atoms. The normalized spacial score (nSPS) is 12.0. The second-order valence-corrected chi connectivity index (χ2v) is 15.3. The van der Waals surface area contributed by atoms with Crippen LogP contribution in [0.4, 0.5) is 34.1 Å². The molecule has 0 aliphatic carbocycles. The molecule has 4 heteroatoms. The van der Waals surface area contributed by atoms with Crippen LogP contribution >= 0.6 is 0 Å². The molecule has 10 aromatic carbocycles. The molecular weight excluding hydrogens is 709 g/mol. The average Bonchev–Trinajstić information content (AvgIpc) is 3.85. The van der Waals surface area contributed by atoms with Gasteiger partial charge in [0, 0.05) is 43.7 Å². The highest BCUT2D eigenvalue weighted by atomic mass is 16.3. The first kappa shape index (κ1) is 32.7. The predicted octanol–water partition coefficient (Wildman–Crippen LogP) is 15.9. The third kappa shape index (κ3) is 4.69. The van der Waals surface area contributed by atoms with E-state index in [1.54, 1.807) is 0 Å². The van der Waals surface area contributed by atoms with Gasteiger partial charge in [0.15, 0.2) is 11.2 Å². The Labute approximate surface area is 334 Å².